The predicted molar refractivity (Wildman–Crippen MR) is 105 cm³/mol. The summed E-state index contributed by atoms with van der Waals surface area (Å²) in [6, 6.07) is 18.7. The Labute approximate surface area is 152 Å². The van der Waals surface area contributed by atoms with Gasteiger partial charge in [-0.3, -0.25) is 4.98 Å². The van der Waals surface area contributed by atoms with Gasteiger partial charge in [0.25, 0.3) is 0 Å². The van der Waals surface area contributed by atoms with Gasteiger partial charge < -0.3 is 15.2 Å². The summed E-state index contributed by atoms with van der Waals surface area (Å²) < 4.78 is 0. The van der Waals surface area contributed by atoms with E-state index >= 15 is 0 Å². The third-order valence-electron chi connectivity index (χ3n) is 4.55. The van der Waals surface area contributed by atoms with Crippen molar-refractivity contribution in [3.63, 3.8) is 0 Å². The molecule has 3 heterocycles. The molecule has 0 saturated carbocycles. The molecule has 2 N–H and O–H groups in total. The van der Waals surface area contributed by atoms with Gasteiger partial charge in [0, 0.05) is 23.3 Å². The molecule has 4 nitrogen and oxygen atoms in total. The molecule has 1 aliphatic heterocycles. The lowest BCUT2D eigenvalue weighted by Gasteiger charge is -2.27. The number of hydrogen-bond acceptors (Lipinski definition) is 2. The van der Waals surface area contributed by atoms with Crippen molar-refractivity contribution < 1.29 is 0 Å². The van der Waals surface area contributed by atoms with Crippen molar-refractivity contribution in [2.75, 3.05) is 4.90 Å². The van der Waals surface area contributed by atoms with E-state index in [-0.39, 0.29) is 12.1 Å². The number of aromatic nitrogens is 2. The summed E-state index contributed by atoms with van der Waals surface area (Å²) in [7, 11) is 0. The molecule has 2 aromatic heterocycles. The van der Waals surface area contributed by atoms with Crippen LogP contribution in [0.15, 0.2) is 60.8 Å². The summed E-state index contributed by atoms with van der Waals surface area (Å²) in [5, 5.41) is 4.19. The van der Waals surface area contributed by atoms with E-state index in [1.807, 2.05) is 24.4 Å². The molecule has 1 aliphatic rings. The monoisotopic (exact) mass is 348 g/mol. The zero-order chi connectivity index (χ0) is 17.4. The molecule has 0 radical (unpaired) electrons. The van der Waals surface area contributed by atoms with Crippen LogP contribution in [0.4, 0.5) is 5.69 Å². The number of thiocarbonyl (C=S) groups is 1. The Bertz CT molecular complexity index is 903. The van der Waals surface area contributed by atoms with E-state index < -0.39 is 0 Å². The number of pyridine rings is 1. The maximum atomic E-state index is 5.70. The first-order valence-corrected chi connectivity index (χ1v) is 8.77. The average Bonchev–Trinajstić information content (AvgIpc) is 3.18. The lowest BCUT2D eigenvalue weighted by atomic mass is 10.0. The summed E-state index contributed by atoms with van der Waals surface area (Å²) in [5.74, 6) is 0. The number of anilines is 1. The normalized spacial score (nSPS) is 19.9. The van der Waals surface area contributed by atoms with Crippen molar-refractivity contribution in [1.29, 1.82) is 0 Å². The Morgan fingerprint density at radius 3 is 2.60 bits per heavy atom. The molecular weight excluding hydrogens is 328 g/mol. The zero-order valence-corrected chi connectivity index (χ0v) is 15.0. The Morgan fingerprint density at radius 1 is 1.04 bits per heavy atom. The molecule has 0 unspecified atom stereocenters. The van der Waals surface area contributed by atoms with Crippen LogP contribution < -0.4 is 10.2 Å². The van der Waals surface area contributed by atoms with Gasteiger partial charge >= 0.3 is 0 Å². The average molecular weight is 348 g/mol. The van der Waals surface area contributed by atoms with Crippen LogP contribution in [0.5, 0.6) is 0 Å². The number of nitrogens with one attached hydrogen (secondary N) is 2. The van der Waals surface area contributed by atoms with E-state index in [2.05, 4.69) is 70.4 Å². The van der Waals surface area contributed by atoms with Crippen molar-refractivity contribution in [2.24, 2.45) is 0 Å². The molecule has 0 amide bonds. The van der Waals surface area contributed by atoms with Crippen LogP contribution in [-0.2, 0) is 0 Å². The first-order valence-electron chi connectivity index (χ1n) is 8.36. The minimum absolute atomic E-state index is 0.00716. The molecule has 1 aromatic carbocycles. The van der Waals surface area contributed by atoms with Gasteiger partial charge in [0.05, 0.1) is 11.7 Å². The smallest absolute Gasteiger partial charge is 0.174 e. The zero-order valence-electron chi connectivity index (χ0n) is 14.2. The molecule has 1 saturated heterocycles. The standard InChI is InChI=1S/C20H20N4S/c1-13-6-5-7-15(12-13)24-19(17-10-9-14(2)22-17)18(23-20(24)25)16-8-3-4-11-21-16/h3-12,18-19,22H,1-2H3,(H,23,25)/t18-,19-/m0/s1. The third kappa shape index (κ3) is 2.91. The summed E-state index contributed by atoms with van der Waals surface area (Å²) in [6.45, 7) is 4.16. The summed E-state index contributed by atoms with van der Waals surface area (Å²) in [4.78, 5) is 10.2. The van der Waals surface area contributed by atoms with Crippen LogP contribution in [0.1, 0.15) is 34.7 Å². The van der Waals surface area contributed by atoms with Gasteiger partial charge in [0.1, 0.15) is 6.04 Å². The first-order chi connectivity index (χ1) is 12.1. The molecular formula is C20H20N4S. The number of benzene rings is 1. The van der Waals surface area contributed by atoms with Crippen molar-refractivity contribution in [3.8, 4) is 0 Å². The van der Waals surface area contributed by atoms with Crippen molar-refractivity contribution in [2.45, 2.75) is 25.9 Å². The van der Waals surface area contributed by atoms with E-state index in [1.54, 1.807) is 0 Å². The van der Waals surface area contributed by atoms with Gasteiger partial charge in [-0.1, -0.05) is 18.2 Å². The molecule has 126 valence electrons. The molecule has 2 atom stereocenters. The van der Waals surface area contributed by atoms with Gasteiger partial charge in [-0.15, -0.1) is 0 Å². The highest BCUT2D eigenvalue weighted by molar-refractivity contribution is 7.80. The number of hydrogen-bond donors (Lipinski definition) is 2. The highest BCUT2D eigenvalue weighted by atomic mass is 32.1. The van der Waals surface area contributed by atoms with E-state index in [0.717, 1.165) is 27.9 Å². The first kappa shape index (κ1) is 15.8. The number of aromatic amines is 1. The van der Waals surface area contributed by atoms with E-state index in [0.29, 0.717) is 0 Å². The second-order valence-corrected chi connectivity index (χ2v) is 6.82. The van der Waals surface area contributed by atoms with Crippen LogP contribution in [0.3, 0.4) is 0 Å². The number of nitrogens with zero attached hydrogens (tertiary/aromatic N) is 2. The van der Waals surface area contributed by atoms with Gasteiger partial charge in [0.15, 0.2) is 5.11 Å². The second kappa shape index (κ2) is 6.33. The van der Waals surface area contributed by atoms with Crippen LogP contribution in [0, 0.1) is 13.8 Å². The molecule has 5 heteroatoms. The molecule has 4 rings (SSSR count). The molecule has 3 aromatic rings. The highest BCUT2D eigenvalue weighted by Crippen LogP contribution is 2.41. The molecule has 0 spiro atoms. The van der Waals surface area contributed by atoms with Gasteiger partial charge in [0.2, 0.25) is 0 Å². The van der Waals surface area contributed by atoms with Crippen LogP contribution in [-0.4, -0.2) is 15.1 Å². The summed E-state index contributed by atoms with van der Waals surface area (Å²) >= 11 is 5.70. The largest absolute Gasteiger partial charge is 0.361 e. The minimum Gasteiger partial charge on any atom is -0.361 e. The maximum Gasteiger partial charge on any atom is 0.174 e. The Kier molecular flexibility index (Phi) is 4.01. The van der Waals surface area contributed by atoms with Gasteiger partial charge in [-0.25, -0.2) is 0 Å². The van der Waals surface area contributed by atoms with E-state index in [4.69, 9.17) is 12.2 Å². The maximum absolute atomic E-state index is 5.70. The lowest BCUT2D eigenvalue weighted by molar-refractivity contribution is 0.558. The summed E-state index contributed by atoms with van der Waals surface area (Å²) in [6.07, 6.45) is 1.83. The van der Waals surface area contributed by atoms with E-state index in [1.165, 1.54) is 5.56 Å². The van der Waals surface area contributed by atoms with Crippen molar-refractivity contribution >= 4 is 23.0 Å². The fourth-order valence-corrected chi connectivity index (χ4v) is 3.77. The SMILES string of the molecule is Cc1cccc(N2C(=S)N[C@@H](c3ccccn3)[C@@H]2c2ccc(C)[nH]2)c1. The van der Waals surface area contributed by atoms with E-state index in [9.17, 15) is 0 Å². The molecule has 1 fully saturated rings. The van der Waals surface area contributed by atoms with Crippen LogP contribution in [0.2, 0.25) is 0 Å². The topological polar surface area (TPSA) is 44.0 Å². The Morgan fingerprint density at radius 2 is 1.92 bits per heavy atom. The fourth-order valence-electron chi connectivity index (χ4n) is 3.43. The quantitative estimate of drug-likeness (QED) is 0.696. The van der Waals surface area contributed by atoms with Crippen LogP contribution >= 0.6 is 12.2 Å². The number of rotatable bonds is 3. The fraction of sp³-hybridized carbons (Fsp3) is 0.200. The van der Waals surface area contributed by atoms with Crippen molar-refractivity contribution in [1.82, 2.24) is 15.3 Å². The number of H-pyrrole nitrogens is 1. The highest BCUT2D eigenvalue weighted by Gasteiger charge is 2.41. The van der Waals surface area contributed by atoms with Crippen molar-refractivity contribution in [3.05, 3.63) is 83.4 Å². The van der Waals surface area contributed by atoms with Gasteiger partial charge in [-0.05, 0) is 68.0 Å². The molecule has 0 bridgehead atoms. The predicted octanol–water partition coefficient (Wildman–Crippen LogP) is 4.20. The summed E-state index contributed by atoms with van der Waals surface area (Å²) in [5.41, 5.74) is 5.55. The van der Waals surface area contributed by atoms with Gasteiger partial charge in [-0.2, -0.15) is 0 Å². The van der Waals surface area contributed by atoms with Crippen LogP contribution in [0.25, 0.3) is 0 Å². The Balaban J connectivity index is 1.83. The molecule has 0 aliphatic carbocycles. The third-order valence-corrected chi connectivity index (χ3v) is 4.87. The Hall–Kier alpha value is -2.66. The number of aryl methyl sites for hydroxylation is 2. The molecule has 25 heavy (non-hydrogen) atoms. The minimum atomic E-state index is -0.00716. The second-order valence-electron chi connectivity index (χ2n) is 6.43. The lowest BCUT2D eigenvalue weighted by Crippen LogP contribution is -2.29.